The number of nitrogens with one attached hydrogen (secondary N) is 1. The third-order valence-electron chi connectivity index (χ3n) is 5.29. The fraction of sp³-hybridized carbons (Fsp3) is 0.348. The van der Waals surface area contributed by atoms with E-state index in [0.29, 0.717) is 11.6 Å². The molecule has 33 heavy (non-hydrogen) atoms. The van der Waals surface area contributed by atoms with Crippen molar-refractivity contribution < 1.29 is 27.4 Å². The van der Waals surface area contributed by atoms with Crippen molar-refractivity contribution >= 4 is 11.7 Å². The zero-order chi connectivity index (χ0) is 23.4. The van der Waals surface area contributed by atoms with Crippen LogP contribution in [0.3, 0.4) is 0 Å². The van der Waals surface area contributed by atoms with Crippen LogP contribution in [0.15, 0.2) is 48.7 Å². The number of aromatic nitrogens is 3. The van der Waals surface area contributed by atoms with Gasteiger partial charge in [0, 0.05) is 18.8 Å². The molecule has 2 aromatic carbocycles. The fourth-order valence-electron chi connectivity index (χ4n) is 3.59. The first-order valence-corrected chi connectivity index (χ1v) is 10.4. The van der Waals surface area contributed by atoms with Gasteiger partial charge in [0.2, 0.25) is 11.8 Å². The quantitative estimate of drug-likeness (QED) is 0.521. The lowest BCUT2D eigenvalue weighted by atomic mass is 9.82. The number of alkyl halides is 2. The summed E-state index contributed by atoms with van der Waals surface area (Å²) in [5.74, 6) is -2.38. The Kier molecular flexibility index (Phi) is 6.52. The molecule has 0 bridgehead atoms. The molecule has 10 heteroatoms. The first kappa shape index (κ1) is 22.6. The Morgan fingerprint density at radius 2 is 1.91 bits per heavy atom. The molecule has 7 nitrogen and oxygen atoms in total. The number of hydrogen-bond donors (Lipinski definition) is 1. The van der Waals surface area contributed by atoms with Crippen molar-refractivity contribution in [2.45, 2.75) is 31.7 Å². The van der Waals surface area contributed by atoms with Crippen molar-refractivity contribution in [1.82, 2.24) is 15.0 Å². The molecule has 1 aliphatic rings. The maximum absolute atomic E-state index is 13.5. The van der Waals surface area contributed by atoms with E-state index in [-0.39, 0.29) is 50.0 Å². The Bertz CT molecular complexity index is 1110. The number of nitrogens with zero attached hydrogens (tertiary/aromatic N) is 3. The number of carbonyl (C=O) groups is 1. The average Bonchev–Trinajstić information content (AvgIpc) is 3.19. The number of carbonyl (C=O) groups excluding carboxylic acids is 1. The molecule has 1 saturated carbocycles. The number of ether oxygens (including phenoxy) is 2. The zero-order valence-electron chi connectivity index (χ0n) is 17.9. The number of amides is 1. The molecule has 1 aliphatic carbocycles. The predicted octanol–water partition coefficient (Wildman–Crippen LogP) is 4.08. The van der Waals surface area contributed by atoms with Crippen LogP contribution in [0.25, 0.3) is 0 Å². The van der Waals surface area contributed by atoms with Gasteiger partial charge in [-0.1, -0.05) is 18.2 Å². The minimum Gasteiger partial charge on any atom is -0.494 e. The van der Waals surface area contributed by atoms with Crippen LogP contribution in [-0.2, 0) is 17.8 Å². The standard InChI is InChI=1S/C23H23F3N4O3/c1-32-20-8-16(4-7-19(20)24)13-30-27-12-21(29-30)28-22(31)9-15-2-5-18(6-3-15)33-14-17-10-23(25,26)11-17/h2-8,12,17H,9-11,13-14H2,1H3,(H,28,29,31). The van der Waals surface area contributed by atoms with E-state index in [0.717, 1.165) is 11.1 Å². The molecule has 0 radical (unpaired) electrons. The number of rotatable bonds is 9. The molecule has 1 fully saturated rings. The number of anilines is 1. The van der Waals surface area contributed by atoms with Gasteiger partial charge >= 0.3 is 0 Å². The first-order valence-electron chi connectivity index (χ1n) is 10.4. The molecule has 1 aromatic heterocycles. The number of benzene rings is 2. The lowest BCUT2D eigenvalue weighted by molar-refractivity contribution is -0.119. The second-order valence-electron chi connectivity index (χ2n) is 8.04. The van der Waals surface area contributed by atoms with Crippen LogP contribution in [0, 0.1) is 11.7 Å². The summed E-state index contributed by atoms with van der Waals surface area (Å²) in [6.45, 7) is 0.544. The molecule has 174 valence electrons. The van der Waals surface area contributed by atoms with E-state index in [4.69, 9.17) is 9.47 Å². The molecule has 1 N–H and O–H groups in total. The van der Waals surface area contributed by atoms with Gasteiger partial charge in [-0.2, -0.15) is 9.90 Å². The van der Waals surface area contributed by atoms with Gasteiger partial charge in [-0.25, -0.2) is 13.2 Å². The highest BCUT2D eigenvalue weighted by Crippen LogP contribution is 2.42. The smallest absolute Gasteiger partial charge is 0.248 e. The maximum atomic E-state index is 13.5. The Morgan fingerprint density at radius 3 is 2.61 bits per heavy atom. The molecule has 1 heterocycles. The van der Waals surface area contributed by atoms with Crippen molar-refractivity contribution in [1.29, 1.82) is 0 Å². The summed E-state index contributed by atoms with van der Waals surface area (Å²) in [4.78, 5) is 13.7. The summed E-state index contributed by atoms with van der Waals surface area (Å²) < 4.78 is 49.8. The molecular weight excluding hydrogens is 437 g/mol. The Labute approximate surface area is 188 Å². The highest BCUT2D eigenvalue weighted by Gasteiger charge is 2.45. The molecule has 0 spiro atoms. The molecular formula is C23H23F3N4O3. The van der Waals surface area contributed by atoms with Crippen molar-refractivity contribution in [2.75, 3.05) is 19.0 Å². The van der Waals surface area contributed by atoms with Crippen molar-refractivity contribution in [3.05, 3.63) is 65.6 Å². The first-order chi connectivity index (χ1) is 15.8. The summed E-state index contributed by atoms with van der Waals surface area (Å²) in [5.41, 5.74) is 1.51. The molecule has 0 unspecified atom stereocenters. The van der Waals surface area contributed by atoms with Gasteiger partial charge in [0.05, 0.1) is 32.9 Å². The van der Waals surface area contributed by atoms with Gasteiger partial charge in [-0.15, -0.1) is 5.10 Å². The second kappa shape index (κ2) is 9.51. The topological polar surface area (TPSA) is 78.3 Å². The molecule has 0 aliphatic heterocycles. The summed E-state index contributed by atoms with van der Waals surface area (Å²) in [7, 11) is 1.39. The maximum Gasteiger partial charge on any atom is 0.248 e. The molecule has 3 aromatic rings. The average molecular weight is 460 g/mol. The Hall–Kier alpha value is -3.56. The van der Waals surface area contributed by atoms with Crippen LogP contribution in [-0.4, -0.2) is 40.5 Å². The van der Waals surface area contributed by atoms with Crippen molar-refractivity contribution in [2.24, 2.45) is 5.92 Å². The van der Waals surface area contributed by atoms with E-state index >= 15 is 0 Å². The number of hydrogen-bond acceptors (Lipinski definition) is 5. The molecule has 1 amide bonds. The summed E-state index contributed by atoms with van der Waals surface area (Å²) in [6, 6.07) is 11.4. The third-order valence-corrected chi connectivity index (χ3v) is 5.29. The van der Waals surface area contributed by atoms with Crippen LogP contribution in [0.5, 0.6) is 11.5 Å². The summed E-state index contributed by atoms with van der Waals surface area (Å²) >= 11 is 0. The minimum absolute atomic E-state index is 0.121. The van der Waals surface area contributed by atoms with E-state index in [1.54, 1.807) is 36.4 Å². The van der Waals surface area contributed by atoms with E-state index in [1.165, 1.54) is 24.2 Å². The van der Waals surface area contributed by atoms with E-state index in [2.05, 4.69) is 15.5 Å². The normalized spacial score (nSPS) is 15.0. The van der Waals surface area contributed by atoms with Crippen LogP contribution < -0.4 is 14.8 Å². The third kappa shape index (κ3) is 6.03. The van der Waals surface area contributed by atoms with Crippen molar-refractivity contribution in [3.63, 3.8) is 0 Å². The Balaban J connectivity index is 1.25. The van der Waals surface area contributed by atoms with Gasteiger partial charge in [0.15, 0.2) is 17.4 Å². The molecule has 4 rings (SSSR count). The highest BCUT2D eigenvalue weighted by molar-refractivity contribution is 5.91. The number of methoxy groups -OCH3 is 1. The van der Waals surface area contributed by atoms with Gasteiger partial charge in [0.25, 0.3) is 0 Å². The molecule has 0 atom stereocenters. The zero-order valence-corrected chi connectivity index (χ0v) is 17.9. The van der Waals surface area contributed by atoms with Crippen LogP contribution in [0.4, 0.5) is 19.0 Å². The lowest BCUT2D eigenvalue weighted by Crippen LogP contribution is -2.38. The molecule has 0 saturated heterocycles. The van der Waals surface area contributed by atoms with Crippen molar-refractivity contribution in [3.8, 4) is 11.5 Å². The van der Waals surface area contributed by atoms with Crippen LogP contribution in [0.2, 0.25) is 0 Å². The summed E-state index contributed by atoms with van der Waals surface area (Å²) in [6.07, 6.45) is 1.29. The highest BCUT2D eigenvalue weighted by atomic mass is 19.3. The monoisotopic (exact) mass is 460 g/mol. The Morgan fingerprint density at radius 1 is 1.18 bits per heavy atom. The second-order valence-corrected chi connectivity index (χ2v) is 8.04. The SMILES string of the molecule is COc1cc(Cn2ncc(NC(=O)Cc3ccc(OCC4CC(F)(F)C4)cc3)n2)ccc1F. The van der Waals surface area contributed by atoms with E-state index < -0.39 is 11.7 Å². The lowest BCUT2D eigenvalue weighted by Gasteiger charge is -2.34. The predicted molar refractivity (Wildman–Crippen MR) is 114 cm³/mol. The van der Waals surface area contributed by atoms with Gasteiger partial charge in [-0.3, -0.25) is 4.79 Å². The van der Waals surface area contributed by atoms with Gasteiger partial charge in [0.1, 0.15) is 5.75 Å². The minimum atomic E-state index is -2.55. The van der Waals surface area contributed by atoms with Gasteiger partial charge in [-0.05, 0) is 35.4 Å². The van der Waals surface area contributed by atoms with Crippen LogP contribution >= 0.6 is 0 Å². The van der Waals surface area contributed by atoms with Gasteiger partial charge < -0.3 is 14.8 Å². The van der Waals surface area contributed by atoms with Crippen LogP contribution in [0.1, 0.15) is 24.0 Å². The summed E-state index contributed by atoms with van der Waals surface area (Å²) in [5, 5.41) is 11.0. The van der Waals surface area contributed by atoms with E-state index in [9.17, 15) is 18.0 Å². The number of halogens is 3. The largest absolute Gasteiger partial charge is 0.494 e. The fourth-order valence-corrected chi connectivity index (χ4v) is 3.59. The van der Waals surface area contributed by atoms with E-state index in [1.807, 2.05) is 0 Å².